The Balaban J connectivity index is 4.18. The molecular weight excluding hydrogens is 272 g/mol. The van der Waals surface area contributed by atoms with Gasteiger partial charge in [0.2, 0.25) is 0 Å². The number of hydrogen-bond donors (Lipinski definition) is 4. The summed E-state index contributed by atoms with van der Waals surface area (Å²) in [6.45, 7) is 12.4. The standard InChI is InChI=1S/C15H32N2O4/c1-11(2)12(7-16-9-15(6,20)10-18)8-17-13(19)21-14(3,4)5/h11-12,16,18,20H,7-10H2,1-6H3,(H,17,19). The SMILES string of the molecule is CC(C)C(CNCC(C)(O)CO)CNC(=O)OC(C)(C)C. The highest BCUT2D eigenvalue weighted by Crippen LogP contribution is 2.11. The van der Waals surface area contributed by atoms with E-state index in [0.29, 0.717) is 25.6 Å². The Bertz CT molecular complexity index is 311. The van der Waals surface area contributed by atoms with Crippen molar-refractivity contribution >= 4 is 6.09 Å². The number of alkyl carbamates (subject to hydrolysis) is 1. The van der Waals surface area contributed by atoms with Gasteiger partial charge in [0.25, 0.3) is 0 Å². The van der Waals surface area contributed by atoms with Crippen molar-refractivity contribution in [2.75, 3.05) is 26.2 Å². The third-order valence-electron chi connectivity index (χ3n) is 3.10. The third kappa shape index (κ3) is 10.5. The molecule has 0 saturated carbocycles. The van der Waals surface area contributed by atoms with Crippen LogP contribution >= 0.6 is 0 Å². The number of ether oxygens (including phenoxy) is 1. The number of rotatable bonds is 8. The average Bonchev–Trinajstić information content (AvgIpc) is 2.30. The summed E-state index contributed by atoms with van der Waals surface area (Å²) in [7, 11) is 0. The molecule has 0 rings (SSSR count). The predicted octanol–water partition coefficient (Wildman–Crippen LogP) is 1.12. The molecule has 0 radical (unpaired) electrons. The van der Waals surface area contributed by atoms with Crippen molar-refractivity contribution in [3.8, 4) is 0 Å². The summed E-state index contributed by atoms with van der Waals surface area (Å²) in [5.41, 5.74) is -1.63. The van der Waals surface area contributed by atoms with Gasteiger partial charge in [-0.2, -0.15) is 0 Å². The van der Waals surface area contributed by atoms with E-state index in [1.807, 2.05) is 20.8 Å². The molecule has 0 bridgehead atoms. The number of carbonyl (C=O) groups is 1. The van der Waals surface area contributed by atoms with Gasteiger partial charge >= 0.3 is 6.09 Å². The second-order valence-corrected chi connectivity index (χ2v) is 7.17. The van der Waals surface area contributed by atoms with Gasteiger partial charge in [0, 0.05) is 19.6 Å². The van der Waals surface area contributed by atoms with Crippen molar-refractivity contribution in [3.05, 3.63) is 0 Å². The van der Waals surface area contributed by atoms with Crippen molar-refractivity contribution < 1.29 is 19.7 Å². The minimum atomic E-state index is -1.12. The zero-order chi connectivity index (χ0) is 16.7. The van der Waals surface area contributed by atoms with Crippen LogP contribution in [0.3, 0.4) is 0 Å². The minimum Gasteiger partial charge on any atom is -0.444 e. The number of hydrogen-bond acceptors (Lipinski definition) is 5. The summed E-state index contributed by atoms with van der Waals surface area (Å²) >= 11 is 0. The second-order valence-electron chi connectivity index (χ2n) is 7.17. The fraction of sp³-hybridized carbons (Fsp3) is 0.933. The largest absolute Gasteiger partial charge is 0.444 e. The van der Waals surface area contributed by atoms with Crippen molar-refractivity contribution in [1.82, 2.24) is 10.6 Å². The second kappa shape index (κ2) is 8.56. The van der Waals surface area contributed by atoms with Crippen LogP contribution in [0, 0.1) is 11.8 Å². The molecule has 2 atom stereocenters. The summed E-state index contributed by atoms with van der Waals surface area (Å²) in [6.07, 6.45) is -0.421. The number of carbonyl (C=O) groups excluding carboxylic acids is 1. The van der Waals surface area contributed by atoms with E-state index < -0.39 is 17.3 Å². The van der Waals surface area contributed by atoms with Crippen LogP contribution in [0.4, 0.5) is 4.79 Å². The Morgan fingerprint density at radius 2 is 1.76 bits per heavy atom. The first kappa shape index (κ1) is 20.1. The minimum absolute atomic E-state index is 0.215. The van der Waals surface area contributed by atoms with Gasteiger partial charge < -0.3 is 25.6 Å². The van der Waals surface area contributed by atoms with Crippen molar-refractivity contribution in [2.45, 2.75) is 52.7 Å². The number of aliphatic hydroxyl groups is 2. The Hall–Kier alpha value is -0.850. The lowest BCUT2D eigenvalue weighted by molar-refractivity contribution is 0.00181. The normalized spacial score (nSPS) is 16.4. The molecule has 0 aromatic carbocycles. The summed E-state index contributed by atoms with van der Waals surface area (Å²) in [4.78, 5) is 11.6. The molecule has 0 heterocycles. The molecule has 0 fully saturated rings. The molecule has 6 heteroatoms. The van der Waals surface area contributed by atoms with Crippen LogP contribution in [0.25, 0.3) is 0 Å². The fourth-order valence-electron chi connectivity index (χ4n) is 1.65. The smallest absolute Gasteiger partial charge is 0.407 e. The number of amides is 1. The molecule has 1 amide bonds. The first-order chi connectivity index (χ1) is 9.47. The van der Waals surface area contributed by atoms with E-state index >= 15 is 0 Å². The van der Waals surface area contributed by atoms with E-state index in [0.717, 1.165) is 0 Å². The molecule has 0 spiro atoms. The van der Waals surface area contributed by atoms with E-state index in [1.54, 1.807) is 6.92 Å². The van der Waals surface area contributed by atoms with E-state index in [4.69, 9.17) is 9.84 Å². The molecule has 2 unspecified atom stereocenters. The third-order valence-corrected chi connectivity index (χ3v) is 3.10. The van der Waals surface area contributed by atoms with Gasteiger partial charge in [0.05, 0.1) is 12.2 Å². The highest BCUT2D eigenvalue weighted by molar-refractivity contribution is 5.67. The molecule has 21 heavy (non-hydrogen) atoms. The van der Waals surface area contributed by atoms with Crippen LogP contribution in [-0.4, -0.2) is 53.7 Å². The van der Waals surface area contributed by atoms with E-state index in [2.05, 4.69) is 24.5 Å². The van der Waals surface area contributed by atoms with Gasteiger partial charge in [-0.3, -0.25) is 0 Å². The van der Waals surface area contributed by atoms with Crippen LogP contribution in [0.1, 0.15) is 41.5 Å². The molecule has 4 N–H and O–H groups in total. The zero-order valence-electron chi connectivity index (χ0n) is 14.2. The van der Waals surface area contributed by atoms with Crippen LogP contribution in [0.5, 0.6) is 0 Å². The predicted molar refractivity (Wildman–Crippen MR) is 83.1 cm³/mol. The Kier molecular flexibility index (Phi) is 8.21. The summed E-state index contributed by atoms with van der Waals surface area (Å²) in [6, 6.07) is 0. The Morgan fingerprint density at radius 1 is 1.19 bits per heavy atom. The molecule has 6 nitrogen and oxygen atoms in total. The monoisotopic (exact) mass is 304 g/mol. The molecule has 0 aromatic heterocycles. The lowest BCUT2D eigenvalue weighted by Crippen LogP contribution is -2.45. The van der Waals surface area contributed by atoms with Gasteiger partial charge in [0.15, 0.2) is 0 Å². The van der Waals surface area contributed by atoms with Crippen LogP contribution < -0.4 is 10.6 Å². The molecule has 0 aliphatic carbocycles. The number of nitrogens with one attached hydrogen (secondary N) is 2. The maximum Gasteiger partial charge on any atom is 0.407 e. The zero-order valence-corrected chi connectivity index (χ0v) is 14.2. The van der Waals surface area contributed by atoms with Crippen LogP contribution in [0.2, 0.25) is 0 Å². The van der Waals surface area contributed by atoms with E-state index in [-0.39, 0.29) is 12.5 Å². The van der Waals surface area contributed by atoms with Gasteiger partial charge in [0.1, 0.15) is 5.60 Å². The molecule has 0 saturated heterocycles. The summed E-state index contributed by atoms with van der Waals surface area (Å²) in [5.74, 6) is 0.582. The number of aliphatic hydroxyl groups excluding tert-OH is 1. The van der Waals surface area contributed by atoms with Crippen LogP contribution in [0.15, 0.2) is 0 Å². The molecule has 0 aliphatic heterocycles. The molecule has 0 aliphatic rings. The first-order valence-corrected chi connectivity index (χ1v) is 7.47. The summed E-state index contributed by atoms with van der Waals surface area (Å²) < 4.78 is 5.20. The highest BCUT2D eigenvalue weighted by atomic mass is 16.6. The maximum atomic E-state index is 11.6. The average molecular weight is 304 g/mol. The van der Waals surface area contributed by atoms with Crippen molar-refractivity contribution in [3.63, 3.8) is 0 Å². The van der Waals surface area contributed by atoms with Crippen molar-refractivity contribution in [2.24, 2.45) is 11.8 Å². The van der Waals surface area contributed by atoms with Gasteiger partial charge in [-0.05, 0) is 39.5 Å². The summed E-state index contributed by atoms with van der Waals surface area (Å²) in [5, 5.41) is 24.6. The Labute approximate surface area is 128 Å². The van der Waals surface area contributed by atoms with E-state index in [9.17, 15) is 9.90 Å². The lowest BCUT2D eigenvalue weighted by atomic mass is 9.95. The molecule has 0 aromatic rings. The topological polar surface area (TPSA) is 90.8 Å². The first-order valence-electron chi connectivity index (χ1n) is 7.47. The van der Waals surface area contributed by atoms with Crippen LogP contribution in [-0.2, 0) is 4.74 Å². The Morgan fingerprint density at radius 3 is 2.19 bits per heavy atom. The van der Waals surface area contributed by atoms with Gasteiger partial charge in [-0.1, -0.05) is 13.8 Å². The molecular formula is C15H32N2O4. The quantitative estimate of drug-likeness (QED) is 0.539. The fourth-order valence-corrected chi connectivity index (χ4v) is 1.65. The van der Waals surface area contributed by atoms with Gasteiger partial charge in [-0.15, -0.1) is 0 Å². The van der Waals surface area contributed by atoms with Crippen molar-refractivity contribution in [1.29, 1.82) is 0 Å². The maximum absolute atomic E-state index is 11.6. The molecule has 126 valence electrons. The lowest BCUT2D eigenvalue weighted by Gasteiger charge is -2.26. The van der Waals surface area contributed by atoms with E-state index in [1.165, 1.54) is 0 Å². The highest BCUT2D eigenvalue weighted by Gasteiger charge is 2.21. The van der Waals surface area contributed by atoms with Gasteiger partial charge in [-0.25, -0.2) is 4.79 Å².